The fourth-order valence-electron chi connectivity index (χ4n) is 4.36. The smallest absolute Gasteiger partial charge is 0.140 e. The van der Waals surface area contributed by atoms with E-state index in [4.69, 9.17) is 4.99 Å². The van der Waals surface area contributed by atoms with Crippen LogP contribution in [0, 0.1) is 5.92 Å². The molecule has 0 aromatic carbocycles. The molecule has 4 rings (SSSR count). The Morgan fingerprint density at radius 1 is 1.30 bits per heavy atom. The molecule has 30 heavy (non-hydrogen) atoms. The second-order valence-corrected chi connectivity index (χ2v) is 8.70. The van der Waals surface area contributed by atoms with E-state index in [1.807, 2.05) is 7.05 Å². The maximum absolute atomic E-state index is 5.07. The predicted octanol–water partition coefficient (Wildman–Crippen LogP) is 5.46. The molecule has 0 aromatic heterocycles. The summed E-state index contributed by atoms with van der Waals surface area (Å²) in [6.07, 6.45) is 14.8. The zero-order valence-electron chi connectivity index (χ0n) is 18.9. The number of allylic oxidation sites excluding steroid dienone is 7. The highest BCUT2D eigenvalue weighted by molar-refractivity contribution is 6.13. The fraction of sp³-hybridized carbons (Fsp3) is 0.462. The van der Waals surface area contributed by atoms with Crippen LogP contribution in [0.25, 0.3) is 0 Å². The van der Waals surface area contributed by atoms with Crippen molar-refractivity contribution in [3.05, 3.63) is 70.3 Å². The third-order valence-corrected chi connectivity index (χ3v) is 6.52. The van der Waals surface area contributed by atoms with Gasteiger partial charge in [0.05, 0.1) is 11.4 Å². The van der Waals surface area contributed by atoms with Gasteiger partial charge in [-0.15, -0.1) is 0 Å². The van der Waals surface area contributed by atoms with Gasteiger partial charge in [0.2, 0.25) is 0 Å². The van der Waals surface area contributed by atoms with E-state index in [2.05, 4.69) is 67.0 Å². The molecule has 3 heterocycles. The third-order valence-electron chi connectivity index (χ3n) is 6.52. The molecule has 4 aliphatic rings. The van der Waals surface area contributed by atoms with E-state index >= 15 is 0 Å². The molecule has 158 valence electrons. The Morgan fingerprint density at radius 2 is 2.03 bits per heavy atom. The normalized spacial score (nSPS) is 22.9. The van der Waals surface area contributed by atoms with Crippen LogP contribution in [0.2, 0.25) is 0 Å². The molecule has 0 bridgehead atoms. The molecule has 3 aliphatic heterocycles. The third kappa shape index (κ3) is 4.20. The van der Waals surface area contributed by atoms with Crippen molar-refractivity contribution < 1.29 is 0 Å². The quantitative estimate of drug-likeness (QED) is 0.490. The first-order chi connectivity index (χ1) is 14.5. The average Bonchev–Trinajstić information content (AvgIpc) is 3.62. The molecule has 0 unspecified atom stereocenters. The lowest BCUT2D eigenvalue weighted by molar-refractivity contribution is 0.420. The number of fused-ring (bicyclic) bond motifs is 1. The number of piperidine rings is 1. The van der Waals surface area contributed by atoms with Gasteiger partial charge in [-0.3, -0.25) is 4.99 Å². The topological polar surface area (TPSA) is 40.0 Å². The highest BCUT2D eigenvalue weighted by atomic mass is 15.2. The molecule has 0 radical (unpaired) electrons. The van der Waals surface area contributed by atoms with Gasteiger partial charge < -0.3 is 10.2 Å². The molecule has 1 N–H and O–H groups in total. The van der Waals surface area contributed by atoms with Crippen molar-refractivity contribution in [3.8, 4) is 0 Å². The molecule has 2 fully saturated rings. The van der Waals surface area contributed by atoms with Crippen molar-refractivity contribution in [1.82, 2.24) is 10.2 Å². The Balaban J connectivity index is 1.71. The highest BCUT2D eigenvalue weighted by Crippen LogP contribution is 2.40. The Bertz CT molecular complexity index is 953. The van der Waals surface area contributed by atoms with Crippen molar-refractivity contribution in [2.24, 2.45) is 15.9 Å². The summed E-state index contributed by atoms with van der Waals surface area (Å²) in [5.74, 6) is 1.68. The molecular formula is C26H34N4. The maximum atomic E-state index is 5.07. The Labute approximate surface area is 181 Å². The number of nitrogens with zero attached hydrogens (tertiary/aromatic N) is 3. The van der Waals surface area contributed by atoms with Gasteiger partial charge in [0.25, 0.3) is 0 Å². The lowest BCUT2D eigenvalue weighted by Crippen LogP contribution is -2.34. The largest absolute Gasteiger partial charge is 0.317 e. The van der Waals surface area contributed by atoms with Crippen molar-refractivity contribution in [2.75, 3.05) is 20.1 Å². The minimum Gasteiger partial charge on any atom is -0.317 e. The first-order valence-electron chi connectivity index (χ1n) is 11.3. The minimum absolute atomic E-state index is 0.636. The van der Waals surface area contributed by atoms with Crippen LogP contribution in [0.4, 0.5) is 0 Å². The predicted molar refractivity (Wildman–Crippen MR) is 128 cm³/mol. The lowest BCUT2D eigenvalue weighted by Gasteiger charge is -2.34. The van der Waals surface area contributed by atoms with Crippen LogP contribution >= 0.6 is 0 Å². The standard InChI is InChI=1S/C26H34N4/c1-6-17(2)18(3)14-23(27-5)24-15-25(21-7-8-21)30-16-22(13-19(4)26(30)29-24)20-9-11-28-12-10-20/h13-16,20,28H,2,6-12H2,1,3-5H3/b18-14+,27-23?. The van der Waals surface area contributed by atoms with Gasteiger partial charge in [0.1, 0.15) is 5.84 Å². The summed E-state index contributed by atoms with van der Waals surface area (Å²) in [6.45, 7) is 12.8. The van der Waals surface area contributed by atoms with Gasteiger partial charge in [0, 0.05) is 18.9 Å². The first-order valence-corrected chi connectivity index (χ1v) is 11.3. The zero-order valence-corrected chi connectivity index (χ0v) is 18.9. The van der Waals surface area contributed by atoms with Gasteiger partial charge in [-0.25, -0.2) is 4.99 Å². The van der Waals surface area contributed by atoms with Crippen molar-refractivity contribution in [3.63, 3.8) is 0 Å². The summed E-state index contributed by atoms with van der Waals surface area (Å²) in [7, 11) is 1.85. The zero-order chi connectivity index (χ0) is 21.3. The van der Waals surface area contributed by atoms with Crippen molar-refractivity contribution in [1.29, 1.82) is 0 Å². The number of nitrogens with one attached hydrogen (secondary N) is 1. The van der Waals surface area contributed by atoms with Crippen LogP contribution in [0.3, 0.4) is 0 Å². The van der Waals surface area contributed by atoms with Crippen LogP contribution in [-0.4, -0.2) is 36.6 Å². The fourth-order valence-corrected chi connectivity index (χ4v) is 4.36. The minimum atomic E-state index is 0.636. The summed E-state index contributed by atoms with van der Waals surface area (Å²) in [5.41, 5.74) is 9.70. The van der Waals surface area contributed by atoms with Crippen LogP contribution in [-0.2, 0) is 0 Å². The Hall–Kier alpha value is -2.46. The second kappa shape index (κ2) is 8.73. The summed E-state index contributed by atoms with van der Waals surface area (Å²) in [4.78, 5) is 12.0. The molecule has 4 nitrogen and oxygen atoms in total. The number of hydrogen-bond acceptors (Lipinski definition) is 4. The summed E-state index contributed by atoms with van der Waals surface area (Å²) < 4.78 is 0. The van der Waals surface area contributed by atoms with E-state index in [0.717, 1.165) is 42.3 Å². The highest BCUT2D eigenvalue weighted by Gasteiger charge is 2.31. The maximum Gasteiger partial charge on any atom is 0.140 e. The van der Waals surface area contributed by atoms with Crippen LogP contribution in [0.5, 0.6) is 0 Å². The van der Waals surface area contributed by atoms with Gasteiger partial charge in [0.15, 0.2) is 0 Å². The van der Waals surface area contributed by atoms with E-state index in [9.17, 15) is 0 Å². The number of amidine groups is 1. The van der Waals surface area contributed by atoms with E-state index in [1.54, 1.807) is 0 Å². The molecule has 1 saturated carbocycles. The van der Waals surface area contributed by atoms with Crippen LogP contribution < -0.4 is 5.32 Å². The summed E-state index contributed by atoms with van der Waals surface area (Å²) >= 11 is 0. The molecule has 0 aromatic rings. The number of aliphatic imine (C=N–C) groups is 2. The molecule has 0 spiro atoms. The van der Waals surface area contributed by atoms with Gasteiger partial charge >= 0.3 is 0 Å². The average molecular weight is 403 g/mol. The summed E-state index contributed by atoms with van der Waals surface area (Å²) in [5, 5.41) is 3.48. The van der Waals surface area contributed by atoms with Gasteiger partial charge in [-0.05, 0) is 99.4 Å². The van der Waals surface area contributed by atoms with Crippen molar-refractivity contribution >= 4 is 11.5 Å². The van der Waals surface area contributed by atoms with Gasteiger partial charge in [-0.1, -0.05) is 25.2 Å². The summed E-state index contributed by atoms with van der Waals surface area (Å²) in [6, 6.07) is 0. The Morgan fingerprint density at radius 3 is 2.67 bits per heavy atom. The Kier molecular flexibility index (Phi) is 6.05. The van der Waals surface area contributed by atoms with E-state index in [0.29, 0.717) is 5.92 Å². The molecular weight excluding hydrogens is 368 g/mol. The second-order valence-electron chi connectivity index (χ2n) is 8.70. The molecule has 1 saturated heterocycles. The van der Waals surface area contributed by atoms with E-state index in [-0.39, 0.29) is 0 Å². The van der Waals surface area contributed by atoms with Gasteiger partial charge in [-0.2, -0.15) is 0 Å². The van der Waals surface area contributed by atoms with Crippen LogP contribution in [0.15, 0.2) is 80.3 Å². The van der Waals surface area contributed by atoms with E-state index < -0.39 is 0 Å². The molecule has 4 heteroatoms. The number of rotatable bonds is 5. The number of hydrogen-bond donors (Lipinski definition) is 1. The molecule has 1 aliphatic carbocycles. The monoisotopic (exact) mass is 402 g/mol. The SMILES string of the molecule is C=C(CC)/C(C)=C/C(=NC)C1=CC(=C2CC2)N2C=C(C3CCNCC3)C=C(C)C2=N1. The lowest BCUT2D eigenvalue weighted by atomic mass is 9.87. The first kappa shape index (κ1) is 20.8. The molecule has 0 amide bonds. The molecule has 0 atom stereocenters. The van der Waals surface area contributed by atoms with Crippen LogP contribution in [0.1, 0.15) is 52.9 Å². The van der Waals surface area contributed by atoms with Crippen molar-refractivity contribution in [2.45, 2.75) is 52.9 Å². The van der Waals surface area contributed by atoms with E-state index in [1.165, 1.54) is 53.7 Å².